The Labute approximate surface area is 216 Å². The van der Waals surface area contributed by atoms with Gasteiger partial charge in [0.15, 0.2) is 0 Å². The monoisotopic (exact) mass is 496 g/mol. The number of hydrogen-bond acceptors (Lipinski definition) is 6. The second-order valence-electron chi connectivity index (χ2n) is 8.32. The van der Waals surface area contributed by atoms with Crippen molar-refractivity contribution in [3.8, 4) is 33.8 Å². The summed E-state index contributed by atoms with van der Waals surface area (Å²) in [4.78, 5) is 25.5. The van der Waals surface area contributed by atoms with Crippen LogP contribution in [0.1, 0.15) is 31.8 Å². The van der Waals surface area contributed by atoms with Crippen LogP contribution in [-0.2, 0) is 15.9 Å². The van der Waals surface area contributed by atoms with Crippen molar-refractivity contribution in [3.63, 3.8) is 0 Å². The average Bonchev–Trinajstić information content (AvgIpc) is 2.96. The van der Waals surface area contributed by atoms with E-state index in [9.17, 15) is 9.59 Å². The molecule has 0 unspecified atom stereocenters. The van der Waals surface area contributed by atoms with Gasteiger partial charge in [0.25, 0.3) is 0 Å². The van der Waals surface area contributed by atoms with Crippen molar-refractivity contribution in [1.29, 1.82) is 0 Å². The lowest BCUT2D eigenvalue weighted by Gasteiger charge is -2.19. The predicted molar refractivity (Wildman–Crippen MR) is 142 cm³/mol. The normalized spacial score (nSPS) is 10.5. The van der Waals surface area contributed by atoms with Crippen LogP contribution in [0.25, 0.3) is 22.3 Å². The molecule has 4 aromatic carbocycles. The SMILES string of the molecule is COC(=O)c1cc(-c2ccccc2)cc(Cc2cc(-c3ccccc3)cc(C(=O)OC)c2OC)c1OC. The van der Waals surface area contributed by atoms with Gasteiger partial charge in [-0.1, -0.05) is 60.7 Å². The maximum absolute atomic E-state index is 12.7. The number of rotatable bonds is 8. The van der Waals surface area contributed by atoms with E-state index in [0.29, 0.717) is 29.0 Å². The van der Waals surface area contributed by atoms with Gasteiger partial charge < -0.3 is 18.9 Å². The minimum absolute atomic E-state index is 0.313. The molecule has 0 spiro atoms. The van der Waals surface area contributed by atoms with Gasteiger partial charge in [0, 0.05) is 17.5 Å². The van der Waals surface area contributed by atoms with Crippen LogP contribution in [0, 0.1) is 0 Å². The molecule has 0 radical (unpaired) electrons. The lowest BCUT2D eigenvalue weighted by molar-refractivity contribution is 0.0588. The van der Waals surface area contributed by atoms with E-state index in [1.165, 1.54) is 28.4 Å². The molecule has 0 atom stereocenters. The maximum atomic E-state index is 12.7. The molecule has 0 aliphatic rings. The summed E-state index contributed by atoms with van der Waals surface area (Å²) in [6, 6.07) is 27.0. The van der Waals surface area contributed by atoms with E-state index >= 15 is 0 Å². The number of methoxy groups -OCH3 is 4. The number of carbonyl (C=O) groups excluding carboxylic acids is 2. The zero-order valence-electron chi connectivity index (χ0n) is 21.2. The van der Waals surface area contributed by atoms with Crippen LogP contribution in [0.4, 0.5) is 0 Å². The largest absolute Gasteiger partial charge is 0.496 e. The highest BCUT2D eigenvalue weighted by Gasteiger charge is 2.23. The third-order valence-corrected chi connectivity index (χ3v) is 6.15. The van der Waals surface area contributed by atoms with E-state index in [-0.39, 0.29) is 0 Å². The summed E-state index contributed by atoms with van der Waals surface area (Å²) in [5.41, 5.74) is 5.66. The molecule has 0 saturated heterocycles. The smallest absolute Gasteiger partial charge is 0.341 e. The Morgan fingerprint density at radius 3 is 1.24 bits per heavy atom. The van der Waals surface area contributed by atoms with Crippen LogP contribution in [0.2, 0.25) is 0 Å². The van der Waals surface area contributed by atoms with Crippen LogP contribution in [0.15, 0.2) is 84.9 Å². The Morgan fingerprint density at radius 2 is 0.919 bits per heavy atom. The summed E-state index contributed by atoms with van der Waals surface area (Å²) in [5, 5.41) is 0. The molecule has 0 aromatic heterocycles. The molecule has 0 saturated carbocycles. The first-order chi connectivity index (χ1) is 18.0. The van der Waals surface area contributed by atoms with E-state index in [4.69, 9.17) is 18.9 Å². The molecule has 0 bridgehead atoms. The summed E-state index contributed by atoms with van der Waals surface area (Å²) in [7, 11) is 5.72. The van der Waals surface area contributed by atoms with E-state index in [1.54, 1.807) is 12.1 Å². The Bertz CT molecular complexity index is 1300. The molecule has 0 aliphatic heterocycles. The fourth-order valence-corrected chi connectivity index (χ4v) is 4.45. The molecule has 0 aliphatic carbocycles. The number of hydrogen-bond donors (Lipinski definition) is 0. The van der Waals surface area contributed by atoms with E-state index in [2.05, 4.69) is 0 Å². The van der Waals surface area contributed by atoms with Crippen molar-refractivity contribution in [3.05, 3.63) is 107 Å². The van der Waals surface area contributed by atoms with Crippen LogP contribution >= 0.6 is 0 Å². The number of benzene rings is 4. The molecule has 0 fully saturated rings. The highest BCUT2D eigenvalue weighted by atomic mass is 16.5. The summed E-state index contributed by atoms with van der Waals surface area (Å²) in [5.74, 6) is -0.205. The molecule has 0 heterocycles. The predicted octanol–water partition coefficient (Wildman–Crippen LogP) is 6.20. The molecular formula is C31H28O6. The molecular weight excluding hydrogens is 468 g/mol. The van der Waals surface area contributed by atoms with Gasteiger partial charge in [0.1, 0.15) is 22.6 Å². The van der Waals surface area contributed by atoms with Gasteiger partial charge in [0.05, 0.1) is 28.4 Å². The first kappa shape index (κ1) is 25.5. The molecule has 4 rings (SSSR count). The van der Waals surface area contributed by atoms with Crippen LogP contribution < -0.4 is 9.47 Å². The summed E-state index contributed by atoms with van der Waals surface area (Å²) in [6.07, 6.45) is 0.321. The van der Waals surface area contributed by atoms with Crippen LogP contribution in [-0.4, -0.2) is 40.4 Å². The van der Waals surface area contributed by atoms with E-state index in [0.717, 1.165) is 33.4 Å². The second-order valence-corrected chi connectivity index (χ2v) is 8.32. The number of esters is 2. The van der Waals surface area contributed by atoms with Gasteiger partial charge >= 0.3 is 11.9 Å². The fraction of sp³-hybridized carbons (Fsp3) is 0.161. The second kappa shape index (κ2) is 11.4. The third-order valence-electron chi connectivity index (χ3n) is 6.15. The highest BCUT2D eigenvalue weighted by Crippen LogP contribution is 2.37. The maximum Gasteiger partial charge on any atom is 0.341 e. The Morgan fingerprint density at radius 1 is 0.541 bits per heavy atom. The fourth-order valence-electron chi connectivity index (χ4n) is 4.45. The van der Waals surface area contributed by atoms with Crippen molar-refractivity contribution >= 4 is 11.9 Å². The molecule has 6 heteroatoms. The quantitative estimate of drug-likeness (QED) is 0.271. The third kappa shape index (κ3) is 5.33. The minimum atomic E-state index is -0.504. The first-order valence-corrected chi connectivity index (χ1v) is 11.7. The molecule has 37 heavy (non-hydrogen) atoms. The average molecular weight is 497 g/mol. The van der Waals surface area contributed by atoms with Crippen molar-refractivity contribution in [1.82, 2.24) is 0 Å². The van der Waals surface area contributed by atoms with Gasteiger partial charge in [-0.15, -0.1) is 0 Å². The van der Waals surface area contributed by atoms with Crippen molar-refractivity contribution in [2.45, 2.75) is 6.42 Å². The molecule has 6 nitrogen and oxygen atoms in total. The standard InChI is InChI=1S/C31H28O6/c1-34-28-24(15-22(18-26(28)30(32)36-3)20-11-7-5-8-12-20)17-25-16-23(21-13-9-6-10-14-21)19-27(29(25)35-2)31(33)37-4/h5-16,18-19H,17H2,1-4H3. The Balaban J connectivity index is 1.95. The van der Waals surface area contributed by atoms with Gasteiger partial charge in [-0.05, 0) is 46.5 Å². The van der Waals surface area contributed by atoms with Gasteiger partial charge in [0.2, 0.25) is 0 Å². The van der Waals surface area contributed by atoms with Crippen LogP contribution in [0.5, 0.6) is 11.5 Å². The van der Waals surface area contributed by atoms with E-state index < -0.39 is 11.9 Å². The minimum Gasteiger partial charge on any atom is -0.496 e. The van der Waals surface area contributed by atoms with Gasteiger partial charge in [-0.25, -0.2) is 9.59 Å². The Kier molecular flexibility index (Phi) is 7.89. The number of carbonyl (C=O) groups is 2. The molecule has 4 aromatic rings. The lowest BCUT2D eigenvalue weighted by Crippen LogP contribution is -2.09. The highest BCUT2D eigenvalue weighted by molar-refractivity contribution is 5.96. The lowest BCUT2D eigenvalue weighted by atomic mass is 9.91. The number of ether oxygens (including phenoxy) is 4. The molecule has 0 amide bonds. The Hall–Kier alpha value is -4.58. The summed E-state index contributed by atoms with van der Waals surface area (Å²) < 4.78 is 21.5. The van der Waals surface area contributed by atoms with Crippen molar-refractivity contribution in [2.24, 2.45) is 0 Å². The van der Waals surface area contributed by atoms with E-state index in [1.807, 2.05) is 72.8 Å². The first-order valence-electron chi connectivity index (χ1n) is 11.7. The van der Waals surface area contributed by atoms with Crippen LogP contribution in [0.3, 0.4) is 0 Å². The van der Waals surface area contributed by atoms with Gasteiger partial charge in [-0.2, -0.15) is 0 Å². The molecule has 188 valence electrons. The topological polar surface area (TPSA) is 71.1 Å². The summed E-state index contributed by atoms with van der Waals surface area (Å²) >= 11 is 0. The molecule has 0 N–H and O–H groups in total. The van der Waals surface area contributed by atoms with Crippen molar-refractivity contribution in [2.75, 3.05) is 28.4 Å². The summed E-state index contributed by atoms with van der Waals surface area (Å²) in [6.45, 7) is 0. The van der Waals surface area contributed by atoms with Gasteiger partial charge in [-0.3, -0.25) is 0 Å². The zero-order valence-corrected chi connectivity index (χ0v) is 21.2. The zero-order chi connectivity index (χ0) is 26.4. The van der Waals surface area contributed by atoms with Crippen molar-refractivity contribution < 1.29 is 28.5 Å².